The first kappa shape index (κ1) is 11.5. The van der Waals surface area contributed by atoms with E-state index in [1.54, 1.807) is 11.3 Å². The lowest BCUT2D eigenvalue weighted by atomic mass is 10.2. The van der Waals surface area contributed by atoms with E-state index in [-0.39, 0.29) is 6.04 Å². The summed E-state index contributed by atoms with van der Waals surface area (Å²) in [6, 6.07) is 8.50. The molecule has 4 heteroatoms. The minimum Gasteiger partial charge on any atom is -0.329 e. The number of hydrogen-bond donors (Lipinski definition) is 3. The molecule has 0 saturated carbocycles. The van der Waals surface area contributed by atoms with E-state index < -0.39 is 0 Å². The summed E-state index contributed by atoms with van der Waals surface area (Å²) in [6.07, 6.45) is 0. The van der Waals surface area contributed by atoms with Crippen LogP contribution in [0.25, 0.3) is 10.1 Å². The Bertz CT molecular complexity index is 452. The van der Waals surface area contributed by atoms with Gasteiger partial charge in [-0.2, -0.15) is 0 Å². The highest BCUT2D eigenvalue weighted by Gasteiger charge is 2.03. The van der Waals surface area contributed by atoms with Gasteiger partial charge in [-0.15, -0.1) is 11.3 Å². The van der Waals surface area contributed by atoms with Crippen LogP contribution in [0.3, 0.4) is 0 Å². The van der Waals surface area contributed by atoms with Crippen LogP contribution < -0.4 is 16.8 Å². The molecule has 1 aromatic heterocycles. The van der Waals surface area contributed by atoms with Gasteiger partial charge in [0.15, 0.2) is 0 Å². The second-order valence-corrected chi connectivity index (χ2v) is 4.80. The smallest absolute Gasteiger partial charge is 0.0346 e. The van der Waals surface area contributed by atoms with Gasteiger partial charge in [-0.1, -0.05) is 18.2 Å². The van der Waals surface area contributed by atoms with Gasteiger partial charge in [-0.05, 0) is 22.4 Å². The van der Waals surface area contributed by atoms with Gasteiger partial charge in [0, 0.05) is 30.4 Å². The number of nitrogens with one attached hydrogen (secondary N) is 1. The average molecular weight is 235 g/mol. The number of benzene rings is 1. The lowest BCUT2D eigenvalue weighted by molar-refractivity contribution is 0.583. The van der Waals surface area contributed by atoms with Crippen molar-refractivity contribution in [1.29, 1.82) is 0 Å². The van der Waals surface area contributed by atoms with Gasteiger partial charge >= 0.3 is 0 Å². The number of hydrogen-bond acceptors (Lipinski definition) is 4. The predicted molar refractivity (Wildman–Crippen MR) is 70.6 cm³/mol. The molecule has 0 aliphatic carbocycles. The predicted octanol–water partition coefficient (Wildman–Crippen LogP) is 1.28. The summed E-state index contributed by atoms with van der Waals surface area (Å²) in [5.41, 5.74) is 12.5. The van der Waals surface area contributed by atoms with Crippen molar-refractivity contribution in [2.24, 2.45) is 11.5 Å². The molecule has 1 aromatic carbocycles. The van der Waals surface area contributed by atoms with Crippen LogP contribution in [-0.2, 0) is 6.54 Å². The Labute approximate surface area is 99.4 Å². The second kappa shape index (κ2) is 5.41. The van der Waals surface area contributed by atoms with Gasteiger partial charge in [-0.25, -0.2) is 0 Å². The zero-order chi connectivity index (χ0) is 11.4. The average Bonchev–Trinajstić information content (AvgIpc) is 2.73. The molecule has 0 spiro atoms. The molecule has 1 unspecified atom stereocenters. The quantitative estimate of drug-likeness (QED) is 0.731. The van der Waals surface area contributed by atoms with Crippen molar-refractivity contribution < 1.29 is 0 Å². The van der Waals surface area contributed by atoms with Crippen molar-refractivity contribution in [2.75, 3.05) is 13.1 Å². The van der Waals surface area contributed by atoms with E-state index >= 15 is 0 Å². The third-order valence-electron chi connectivity index (χ3n) is 2.59. The Morgan fingerprint density at radius 1 is 1.31 bits per heavy atom. The molecule has 1 atom stereocenters. The fraction of sp³-hybridized carbons (Fsp3) is 0.333. The summed E-state index contributed by atoms with van der Waals surface area (Å²) in [5, 5.41) is 6.87. The molecule has 0 amide bonds. The fourth-order valence-electron chi connectivity index (χ4n) is 1.65. The monoisotopic (exact) mass is 235 g/mol. The highest BCUT2D eigenvalue weighted by atomic mass is 32.1. The third kappa shape index (κ3) is 2.59. The van der Waals surface area contributed by atoms with Crippen molar-refractivity contribution in [2.45, 2.75) is 12.6 Å². The Balaban J connectivity index is 1.99. The molecule has 1 heterocycles. The molecule has 0 aliphatic rings. The van der Waals surface area contributed by atoms with E-state index in [0.717, 1.165) is 13.1 Å². The summed E-state index contributed by atoms with van der Waals surface area (Å²) >= 11 is 1.78. The van der Waals surface area contributed by atoms with Crippen molar-refractivity contribution in [3.8, 4) is 0 Å². The van der Waals surface area contributed by atoms with Crippen LogP contribution in [0, 0.1) is 0 Å². The maximum absolute atomic E-state index is 5.74. The summed E-state index contributed by atoms with van der Waals surface area (Å²) in [6.45, 7) is 2.15. The molecule has 0 fully saturated rings. The van der Waals surface area contributed by atoms with Crippen LogP contribution >= 0.6 is 11.3 Å². The molecular weight excluding hydrogens is 218 g/mol. The van der Waals surface area contributed by atoms with Gasteiger partial charge in [-0.3, -0.25) is 0 Å². The standard InChI is InChI=1S/C12H17N3S/c13-5-10(14)7-15-6-9-8-16-12-4-2-1-3-11(9)12/h1-4,8,10,15H,5-7,13-14H2. The first-order chi connectivity index (χ1) is 7.81. The molecule has 5 N–H and O–H groups in total. The number of nitrogens with two attached hydrogens (primary N) is 2. The molecule has 3 nitrogen and oxygen atoms in total. The van der Waals surface area contributed by atoms with Crippen molar-refractivity contribution in [1.82, 2.24) is 5.32 Å². The molecule has 0 radical (unpaired) electrons. The summed E-state index contributed by atoms with van der Waals surface area (Å²) in [7, 11) is 0. The summed E-state index contributed by atoms with van der Waals surface area (Å²) in [5.74, 6) is 0. The van der Waals surface area contributed by atoms with Crippen molar-refractivity contribution in [3.05, 3.63) is 35.2 Å². The second-order valence-electron chi connectivity index (χ2n) is 3.88. The maximum Gasteiger partial charge on any atom is 0.0346 e. The van der Waals surface area contributed by atoms with Crippen LogP contribution in [0.2, 0.25) is 0 Å². The molecule has 0 aliphatic heterocycles. The van der Waals surface area contributed by atoms with Gasteiger partial charge in [0.05, 0.1) is 0 Å². The first-order valence-corrected chi connectivity index (χ1v) is 6.30. The third-order valence-corrected chi connectivity index (χ3v) is 3.60. The van der Waals surface area contributed by atoms with Gasteiger partial charge in [0.1, 0.15) is 0 Å². The van der Waals surface area contributed by atoms with E-state index in [2.05, 4.69) is 35.0 Å². The van der Waals surface area contributed by atoms with Crippen LogP contribution in [-0.4, -0.2) is 19.1 Å². The highest BCUT2D eigenvalue weighted by molar-refractivity contribution is 7.17. The summed E-state index contributed by atoms with van der Waals surface area (Å²) in [4.78, 5) is 0. The van der Waals surface area contributed by atoms with Crippen molar-refractivity contribution in [3.63, 3.8) is 0 Å². The van der Waals surface area contributed by atoms with Crippen LogP contribution in [0.1, 0.15) is 5.56 Å². The van der Waals surface area contributed by atoms with Gasteiger partial charge in [0.2, 0.25) is 0 Å². The Morgan fingerprint density at radius 2 is 2.12 bits per heavy atom. The lowest BCUT2D eigenvalue weighted by Crippen LogP contribution is -2.39. The minimum absolute atomic E-state index is 0.0462. The molecule has 0 saturated heterocycles. The molecule has 0 bridgehead atoms. The number of fused-ring (bicyclic) bond motifs is 1. The van der Waals surface area contributed by atoms with Gasteiger partial charge < -0.3 is 16.8 Å². The van der Waals surface area contributed by atoms with Gasteiger partial charge in [0.25, 0.3) is 0 Å². The maximum atomic E-state index is 5.74. The van der Waals surface area contributed by atoms with Crippen LogP contribution in [0.4, 0.5) is 0 Å². The van der Waals surface area contributed by atoms with E-state index in [1.807, 2.05) is 0 Å². The molecule has 86 valence electrons. The largest absolute Gasteiger partial charge is 0.329 e. The van der Waals surface area contributed by atoms with Crippen LogP contribution in [0.5, 0.6) is 0 Å². The topological polar surface area (TPSA) is 64.1 Å². The van der Waals surface area contributed by atoms with E-state index in [0.29, 0.717) is 6.54 Å². The van der Waals surface area contributed by atoms with E-state index in [4.69, 9.17) is 11.5 Å². The zero-order valence-electron chi connectivity index (χ0n) is 9.15. The van der Waals surface area contributed by atoms with E-state index in [1.165, 1.54) is 15.6 Å². The zero-order valence-corrected chi connectivity index (χ0v) is 9.96. The SMILES string of the molecule is NCC(N)CNCc1csc2ccccc12. The number of thiophene rings is 1. The van der Waals surface area contributed by atoms with E-state index in [9.17, 15) is 0 Å². The first-order valence-electron chi connectivity index (χ1n) is 5.42. The van der Waals surface area contributed by atoms with Crippen molar-refractivity contribution >= 4 is 21.4 Å². The molecule has 2 rings (SSSR count). The molecule has 2 aromatic rings. The molecular formula is C12H17N3S. The number of rotatable bonds is 5. The highest BCUT2D eigenvalue weighted by Crippen LogP contribution is 2.25. The summed E-state index contributed by atoms with van der Waals surface area (Å²) < 4.78 is 1.34. The van der Waals surface area contributed by atoms with Crippen LogP contribution in [0.15, 0.2) is 29.6 Å². The fourth-order valence-corrected chi connectivity index (χ4v) is 2.61. The minimum atomic E-state index is 0.0462. The lowest BCUT2D eigenvalue weighted by Gasteiger charge is -2.09. The Morgan fingerprint density at radius 3 is 2.94 bits per heavy atom. The molecule has 16 heavy (non-hydrogen) atoms. The Hall–Kier alpha value is -0.940. The normalized spacial score (nSPS) is 13.1. The Kier molecular flexibility index (Phi) is 3.90.